The minimum absolute atomic E-state index is 1.14. The summed E-state index contributed by atoms with van der Waals surface area (Å²) in [5, 5.41) is 35.0. The molecule has 7 heteroatoms. The van der Waals surface area contributed by atoms with Gasteiger partial charge in [0.15, 0.2) is 18.3 Å². The number of aliphatic hydroxyl groups excluding tert-OH is 3. The third-order valence-corrected chi connectivity index (χ3v) is 1.72. The molecule has 7 nitrogen and oxygen atoms in total. The van der Waals surface area contributed by atoms with E-state index in [4.69, 9.17) is 20.4 Å². The van der Waals surface area contributed by atoms with Crippen molar-refractivity contribution in [2.75, 3.05) is 0 Å². The fourth-order valence-corrected chi connectivity index (χ4v) is 0.984. The molecule has 0 aliphatic carbocycles. The maximum atomic E-state index is 10.6. The SMILES string of the molecule is O=C1O[C@@H]([C@H](O)C(=O)O)[C@H](O)[C@@H]1O. The summed E-state index contributed by atoms with van der Waals surface area (Å²) in [5.41, 5.74) is 0. The zero-order chi connectivity index (χ0) is 10.2. The summed E-state index contributed by atoms with van der Waals surface area (Å²) in [7, 11) is 0. The lowest BCUT2D eigenvalue weighted by atomic mass is 10.1. The first-order valence-corrected chi connectivity index (χ1v) is 3.42. The molecule has 0 unspecified atom stereocenters. The minimum atomic E-state index is -2.03. The molecule has 4 N–H and O–H groups in total. The van der Waals surface area contributed by atoms with Crippen LogP contribution in [0, 0.1) is 0 Å². The molecule has 1 aliphatic rings. The van der Waals surface area contributed by atoms with Gasteiger partial charge in [-0.25, -0.2) is 9.59 Å². The Morgan fingerprint density at radius 2 is 2.00 bits per heavy atom. The molecule has 0 aromatic heterocycles. The molecular formula is C6H8O7. The molecule has 1 fully saturated rings. The molecule has 0 saturated carbocycles. The molecule has 1 saturated heterocycles. The third kappa shape index (κ3) is 1.62. The van der Waals surface area contributed by atoms with Crippen molar-refractivity contribution in [2.24, 2.45) is 0 Å². The zero-order valence-electron chi connectivity index (χ0n) is 6.32. The van der Waals surface area contributed by atoms with E-state index in [1.54, 1.807) is 0 Å². The molecule has 13 heavy (non-hydrogen) atoms. The molecule has 1 rings (SSSR count). The van der Waals surface area contributed by atoms with Gasteiger partial charge in [-0.05, 0) is 0 Å². The summed E-state index contributed by atoms with van der Waals surface area (Å²) >= 11 is 0. The van der Waals surface area contributed by atoms with Gasteiger partial charge in [0.05, 0.1) is 0 Å². The van der Waals surface area contributed by atoms with Crippen LogP contribution in [-0.2, 0) is 14.3 Å². The lowest BCUT2D eigenvalue weighted by Gasteiger charge is -2.15. The predicted molar refractivity (Wildman–Crippen MR) is 35.5 cm³/mol. The Morgan fingerprint density at radius 3 is 2.31 bits per heavy atom. The van der Waals surface area contributed by atoms with E-state index in [1.807, 2.05) is 0 Å². The second-order valence-electron chi connectivity index (χ2n) is 2.62. The molecule has 1 aliphatic heterocycles. The highest BCUT2D eigenvalue weighted by molar-refractivity contribution is 5.80. The summed E-state index contributed by atoms with van der Waals surface area (Å²) in [6, 6.07) is 0. The van der Waals surface area contributed by atoms with Crippen LogP contribution in [0.1, 0.15) is 0 Å². The molecule has 74 valence electrons. The summed E-state index contributed by atoms with van der Waals surface area (Å²) in [5.74, 6) is -2.77. The summed E-state index contributed by atoms with van der Waals surface area (Å²) < 4.78 is 4.24. The maximum Gasteiger partial charge on any atom is 0.338 e. The number of cyclic esters (lactones) is 1. The van der Waals surface area contributed by atoms with Crippen molar-refractivity contribution in [3.8, 4) is 0 Å². The number of aliphatic hydroxyl groups is 3. The van der Waals surface area contributed by atoms with Crippen LogP contribution in [0.3, 0.4) is 0 Å². The highest BCUT2D eigenvalue weighted by atomic mass is 16.6. The van der Waals surface area contributed by atoms with Crippen molar-refractivity contribution in [3.63, 3.8) is 0 Å². The first kappa shape index (κ1) is 9.90. The maximum absolute atomic E-state index is 10.6. The molecule has 0 spiro atoms. The van der Waals surface area contributed by atoms with E-state index in [2.05, 4.69) is 4.74 Å². The Morgan fingerprint density at radius 1 is 1.46 bits per heavy atom. The number of carboxylic acid groups (broad SMARTS) is 1. The van der Waals surface area contributed by atoms with Crippen molar-refractivity contribution in [2.45, 2.75) is 24.4 Å². The average molecular weight is 192 g/mol. The smallest absolute Gasteiger partial charge is 0.338 e. The molecular weight excluding hydrogens is 184 g/mol. The van der Waals surface area contributed by atoms with Crippen molar-refractivity contribution < 1.29 is 34.8 Å². The van der Waals surface area contributed by atoms with E-state index >= 15 is 0 Å². The number of carbonyl (C=O) groups is 2. The number of esters is 1. The monoisotopic (exact) mass is 192 g/mol. The number of carboxylic acids is 1. The van der Waals surface area contributed by atoms with Crippen LogP contribution in [0.25, 0.3) is 0 Å². The van der Waals surface area contributed by atoms with Crippen LogP contribution in [0.5, 0.6) is 0 Å². The fraction of sp³-hybridized carbons (Fsp3) is 0.667. The van der Waals surface area contributed by atoms with Crippen molar-refractivity contribution in [1.29, 1.82) is 0 Å². The number of hydrogen-bond donors (Lipinski definition) is 4. The van der Waals surface area contributed by atoms with Crippen molar-refractivity contribution >= 4 is 11.9 Å². The van der Waals surface area contributed by atoms with E-state index in [0.717, 1.165) is 0 Å². The fourth-order valence-electron chi connectivity index (χ4n) is 0.984. The minimum Gasteiger partial charge on any atom is -0.479 e. The molecule has 1 heterocycles. The Labute approximate surface area is 72.2 Å². The highest BCUT2D eigenvalue weighted by Gasteiger charge is 2.48. The molecule has 0 bridgehead atoms. The van der Waals surface area contributed by atoms with Gasteiger partial charge in [-0.3, -0.25) is 0 Å². The molecule has 0 aromatic carbocycles. The number of carbonyl (C=O) groups excluding carboxylic acids is 1. The highest BCUT2D eigenvalue weighted by Crippen LogP contribution is 2.18. The number of ether oxygens (including phenoxy) is 1. The first-order chi connectivity index (χ1) is 5.95. The summed E-state index contributed by atoms with van der Waals surface area (Å²) in [6.07, 6.45) is -7.14. The lowest BCUT2D eigenvalue weighted by molar-refractivity contribution is -0.161. The topological polar surface area (TPSA) is 124 Å². The van der Waals surface area contributed by atoms with Crippen LogP contribution >= 0.6 is 0 Å². The van der Waals surface area contributed by atoms with Gasteiger partial charge in [0.2, 0.25) is 0 Å². The van der Waals surface area contributed by atoms with Crippen LogP contribution in [-0.4, -0.2) is 56.8 Å². The first-order valence-electron chi connectivity index (χ1n) is 3.42. The van der Waals surface area contributed by atoms with E-state index in [9.17, 15) is 9.59 Å². The van der Waals surface area contributed by atoms with Gasteiger partial charge in [0.25, 0.3) is 0 Å². The Balaban J connectivity index is 2.73. The van der Waals surface area contributed by atoms with Gasteiger partial charge < -0.3 is 25.2 Å². The van der Waals surface area contributed by atoms with Crippen LogP contribution in [0.4, 0.5) is 0 Å². The second kappa shape index (κ2) is 3.29. The van der Waals surface area contributed by atoms with Gasteiger partial charge in [-0.2, -0.15) is 0 Å². The quantitative estimate of drug-likeness (QED) is 0.345. The van der Waals surface area contributed by atoms with Crippen LogP contribution in [0.15, 0.2) is 0 Å². The molecule has 0 amide bonds. The van der Waals surface area contributed by atoms with Gasteiger partial charge in [0.1, 0.15) is 6.10 Å². The third-order valence-electron chi connectivity index (χ3n) is 1.72. The van der Waals surface area contributed by atoms with Crippen molar-refractivity contribution in [3.05, 3.63) is 0 Å². The van der Waals surface area contributed by atoms with E-state index < -0.39 is 36.4 Å². The Hall–Kier alpha value is -1.18. The standard InChI is InChI=1S/C6H8O7/c7-1-2(8)6(12)13-4(1)3(9)5(10)11/h1-4,7-9H,(H,10,11)/t1-,2+,3+,4-/m1/s1. The number of aliphatic carboxylic acids is 1. The van der Waals surface area contributed by atoms with Crippen molar-refractivity contribution in [1.82, 2.24) is 0 Å². The molecule has 0 aromatic rings. The number of hydrogen-bond acceptors (Lipinski definition) is 6. The van der Waals surface area contributed by atoms with Gasteiger partial charge in [0, 0.05) is 0 Å². The van der Waals surface area contributed by atoms with Gasteiger partial charge in [-0.1, -0.05) is 0 Å². The summed E-state index contributed by atoms with van der Waals surface area (Å²) in [4.78, 5) is 20.8. The Kier molecular flexibility index (Phi) is 2.50. The lowest BCUT2D eigenvalue weighted by Crippen LogP contribution is -2.42. The van der Waals surface area contributed by atoms with Crippen LogP contribution in [0.2, 0.25) is 0 Å². The Bertz CT molecular complexity index is 237. The van der Waals surface area contributed by atoms with E-state index in [-0.39, 0.29) is 0 Å². The number of rotatable bonds is 2. The molecule has 0 radical (unpaired) electrons. The zero-order valence-corrected chi connectivity index (χ0v) is 6.32. The summed E-state index contributed by atoms with van der Waals surface area (Å²) in [6.45, 7) is 0. The van der Waals surface area contributed by atoms with Gasteiger partial charge in [-0.15, -0.1) is 0 Å². The van der Waals surface area contributed by atoms with Crippen LogP contribution < -0.4 is 0 Å². The van der Waals surface area contributed by atoms with E-state index in [1.165, 1.54) is 0 Å². The molecule has 4 atom stereocenters. The second-order valence-corrected chi connectivity index (χ2v) is 2.62. The predicted octanol–water partition coefficient (Wildman–Crippen LogP) is -2.92. The van der Waals surface area contributed by atoms with Gasteiger partial charge >= 0.3 is 11.9 Å². The normalized spacial score (nSPS) is 35.6. The average Bonchev–Trinajstić information content (AvgIpc) is 2.31. The largest absolute Gasteiger partial charge is 0.479 e. The van der Waals surface area contributed by atoms with E-state index in [0.29, 0.717) is 0 Å².